The molecule has 0 spiro atoms. The van der Waals surface area contributed by atoms with Crippen molar-refractivity contribution in [3.63, 3.8) is 0 Å². The van der Waals surface area contributed by atoms with E-state index in [1.165, 1.54) is 96.3 Å². The molecule has 0 aliphatic rings. The van der Waals surface area contributed by atoms with Gasteiger partial charge in [0.25, 0.3) is 0 Å². The third-order valence-corrected chi connectivity index (χ3v) is 12.9. The van der Waals surface area contributed by atoms with Gasteiger partial charge in [-0.1, -0.05) is 264 Å². The minimum Gasteiger partial charge on any atom is -0.462 e. The van der Waals surface area contributed by atoms with Crippen LogP contribution in [0.4, 0.5) is 0 Å². The van der Waals surface area contributed by atoms with Crippen LogP contribution in [0.2, 0.25) is 0 Å². The van der Waals surface area contributed by atoms with Crippen molar-refractivity contribution in [1.29, 1.82) is 0 Å². The number of unbranched alkanes of at least 4 members (excludes halogenated alkanes) is 22. The van der Waals surface area contributed by atoms with Gasteiger partial charge < -0.3 is 14.2 Å². The van der Waals surface area contributed by atoms with E-state index < -0.39 is 6.10 Å². The van der Waals surface area contributed by atoms with Crippen molar-refractivity contribution in [2.24, 2.45) is 0 Å². The number of rotatable bonds is 55. The maximum Gasteiger partial charge on any atom is 0.306 e. The second-order valence-corrected chi connectivity index (χ2v) is 20.2. The van der Waals surface area contributed by atoms with Crippen LogP contribution < -0.4 is 0 Å². The third-order valence-electron chi connectivity index (χ3n) is 12.9. The van der Waals surface area contributed by atoms with E-state index in [2.05, 4.69) is 154 Å². The second kappa shape index (κ2) is 63.1. The fourth-order valence-electron chi connectivity index (χ4n) is 8.23. The minimum absolute atomic E-state index is 0.0963. The molecule has 6 nitrogen and oxygen atoms in total. The van der Waals surface area contributed by atoms with E-state index in [1.807, 2.05) is 0 Å². The van der Waals surface area contributed by atoms with Crippen molar-refractivity contribution >= 4 is 17.9 Å². The van der Waals surface area contributed by atoms with E-state index in [9.17, 15) is 14.4 Å². The molecule has 76 heavy (non-hydrogen) atoms. The van der Waals surface area contributed by atoms with Crippen LogP contribution in [0.25, 0.3) is 0 Å². The molecule has 0 fully saturated rings. The average Bonchev–Trinajstić information content (AvgIpc) is 3.42. The summed E-state index contributed by atoms with van der Waals surface area (Å²) < 4.78 is 16.8. The molecule has 0 saturated heterocycles. The highest BCUT2D eigenvalue weighted by Gasteiger charge is 2.19. The van der Waals surface area contributed by atoms with Gasteiger partial charge in [0.1, 0.15) is 13.2 Å². The molecule has 0 aliphatic heterocycles. The fraction of sp³-hybridized carbons (Fsp3) is 0.643. The molecule has 0 aromatic heterocycles. The van der Waals surface area contributed by atoms with Gasteiger partial charge in [0.05, 0.1) is 0 Å². The van der Waals surface area contributed by atoms with Gasteiger partial charge >= 0.3 is 17.9 Å². The van der Waals surface area contributed by atoms with Crippen LogP contribution >= 0.6 is 0 Å². The Bertz CT molecular complexity index is 1630. The summed E-state index contributed by atoms with van der Waals surface area (Å²) in [6.45, 7) is 6.46. The molecule has 0 radical (unpaired) electrons. The smallest absolute Gasteiger partial charge is 0.306 e. The first kappa shape index (κ1) is 71.5. The third kappa shape index (κ3) is 60.4. The van der Waals surface area contributed by atoms with E-state index in [1.54, 1.807) is 0 Å². The normalized spacial score (nSPS) is 13.0. The van der Waals surface area contributed by atoms with Crippen molar-refractivity contribution < 1.29 is 28.6 Å². The molecule has 1 atom stereocenters. The van der Waals surface area contributed by atoms with Gasteiger partial charge in [-0.25, -0.2) is 0 Å². The molecule has 0 N–H and O–H groups in total. The molecule has 6 heteroatoms. The summed E-state index contributed by atoms with van der Waals surface area (Å²) in [4.78, 5) is 38.1. The van der Waals surface area contributed by atoms with Crippen molar-refractivity contribution in [2.45, 2.75) is 277 Å². The molecule has 0 heterocycles. The minimum atomic E-state index is -0.802. The highest BCUT2D eigenvalue weighted by Crippen LogP contribution is 2.14. The zero-order valence-corrected chi connectivity index (χ0v) is 49.2. The highest BCUT2D eigenvalue weighted by atomic mass is 16.6. The van der Waals surface area contributed by atoms with Gasteiger partial charge in [-0.2, -0.15) is 0 Å². The summed E-state index contributed by atoms with van der Waals surface area (Å²) in [5.74, 6) is -0.954. The van der Waals surface area contributed by atoms with Gasteiger partial charge in [0, 0.05) is 19.3 Å². The van der Waals surface area contributed by atoms with Crippen LogP contribution in [-0.2, 0) is 28.6 Å². The molecule has 0 bridgehead atoms. The number of hydrogen-bond donors (Lipinski definition) is 0. The lowest BCUT2D eigenvalue weighted by atomic mass is 10.1. The molecule has 0 amide bonds. The Hall–Kier alpha value is -4.45. The molecule has 1 unspecified atom stereocenters. The molecule has 0 rings (SSSR count). The summed E-state index contributed by atoms with van der Waals surface area (Å²) in [7, 11) is 0. The zero-order valence-electron chi connectivity index (χ0n) is 49.2. The van der Waals surface area contributed by atoms with Crippen LogP contribution in [0.5, 0.6) is 0 Å². The summed E-state index contributed by atoms with van der Waals surface area (Å²) in [5, 5.41) is 0. The maximum atomic E-state index is 12.8. The van der Waals surface area contributed by atoms with Crippen molar-refractivity contribution in [1.82, 2.24) is 0 Å². The fourth-order valence-corrected chi connectivity index (χ4v) is 8.23. The summed E-state index contributed by atoms with van der Waals surface area (Å²) in [6.07, 6.45) is 89.0. The van der Waals surface area contributed by atoms with E-state index >= 15 is 0 Å². The van der Waals surface area contributed by atoms with Gasteiger partial charge in [-0.05, 0) is 122 Å². The Labute approximate surface area is 468 Å². The number of ether oxygens (including phenoxy) is 3. The Morgan fingerprint density at radius 2 is 0.513 bits per heavy atom. The summed E-state index contributed by atoms with van der Waals surface area (Å²) >= 11 is 0. The van der Waals surface area contributed by atoms with Crippen molar-refractivity contribution in [2.75, 3.05) is 13.2 Å². The van der Waals surface area contributed by atoms with Gasteiger partial charge in [0.15, 0.2) is 6.10 Å². The lowest BCUT2D eigenvalue weighted by Gasteiger charge is -2.18. The van der Waals surface area contributed by atoms with Crippen molar-refractivity contribution in [3.8, 4) is 0 Å². The summed E-state index contributed by atoms with van der Waals surface area (Å²) in [6, 6.07) is 0. The number of allylic oxidation sites excluding steroid dienone is 22. The molecule has 0 saturated carbocycles. The first-order chi connectivity index (χ1) is 37.5. The average molecular weight is 1050 g/mol. The van der Waals surface area contributed by atoms with E-state index in [0.29, 0.717) is 25.7 Å². The summed E-state index contributed by atoms with van der Waals surface area (Å²) in [5.41, 5.74) is 0. The molecular weight excluding hydrogens is 937 g/mol. The van der Waals surface area contributed by atoms with Gasteiger partial charge in [-0.3, -0.25) is 14.4 Å². The Morgan fingerprint density at radius 1 is 0.276 bits per heavy atom. The zero-order chi connectivity index (χ0) is 55.0. The number of esters is 3. The molecule has 0 aromatic carbocycles. The van der Waals surface area contributed by atoms with E-state index in [4.69, 9.17) is 14.2 Å². The number of carbonyl (C=O) groups excluding carboxylic acids is 3. The topological polar surface area (TPSA) is 78.9 Å². The number of hydrogen-bond acceptors (Lipinski definition) is 6. The predicted molar refractivity (Wildman–Crippen MR) is 329 cm³/mol. The largest absolute Gasteiger partial charge is 0.462 e. The van der Waals surface area contributed by atoms with Crippen LogP contribution in [0, 0.1) is 0 Å². The lowest BCUT2D eigenvalue weighted by Crippen LogP contribution is -2.30. The lowest BCUT2D eigenvalue weighted by molar-refractivity contribution is -0.167. The van der Waals surface area contributed by atoms with E-state index in [-0.39, 0.29) is 31.1 Å². The molecule has 0 aromatic rings. The molecular formula is C70H114O6. The Kier molecular flexibility index (Phi) is 59.4. The van der Waals surface area contributed by atoms with Crippen LogP contribution in [0.15, 0.2) is 134 Å². The molecule has 430 valence electrons. The monoisotopic (exact) mass is 1050 g/mol. The second-order valence-electron chi connectivity index (χ2n) is 20.2. The number of carbonyl (C=O) groups is 3. The van der Waals surface area contributed by atoms with Crippen molar-refractivity contribution in [3.05, 3.63) is 134 Å². The highest BCUT2D eigenvalue weighted by molar-refractivity contribution is 5.71. The molecule has 0 aliphatic carbocycles. The van der Waals surface area contributed by atoms with Crippen LogP contribution in [0.3, 0.4) is 0 Å². The SMILES string of the molecule is CC/C=C\C/C=C\C/C=C\C/C=C\C/C=C\C/C=C\C/C=C\C/C=C\C/C=C\C/C=C\CCCCC(=O)OCC(COC(=O)CCCCCCCCCCC)OC(=O)CCCCCCC/C=C\CCCCCCCCC. The Balaban J connectivity index is 4.31. The standard InChI is InChI=1S/C70H114O6/c1-4-7-10-13-16-19-21-23-25-27-28-29-30-31-32-33-34-35-36-37-38-39-40-41-42-43-45-46-48-51-54-57-60-63-69(72)75-66-67(65-74-68(71)62-59-56-53-50-18-15-12-9-6-3)76-70(73)64-61-58-55-52-49-47-44-26-24-22-20-17-14-11-8-5-2/h7,10,16,19,23,25-26,28-29,31-32,34-35,37-38,40-41,43-45,48,51,67H,4-6,8-9,11-15,17-18,20-22,24,27,30,33,36,39,42,46-47,49-50,52-66H2,1-3H3/b10-7-,19-16-,25-23-,29-28-,32-31-,35-34-,38-37-,41-40-,44-26-,45-43-,51-48-. The Morgan fingerprint density at radius 3 is 0.842 bits per heavy atom. The van der Waals surface area contributed by atoms with Gasteiger partial charge in [0.2, 0.25) is 0 Å². The quantitative estimate of drug-likeness (QED) is 0.0261. The maximum absolute atomic E-state index is 12.8. The van der Waals surface area contributed by atoms with E-state index in [0.717, 1.165) is 128 Å². The van der Waals surface area contributed by atoms with Crippen LogP contribution in [-0.4, -0.2) is 37.2 Å². The van der Waals surface area contributed by atoms with Crippen LogP contribution in [0.1, 0.15) is 271 Å². The predicted octanol–water partition coefficient (Wildman–Crippen LogP) is 21.4. The first-order valence-electron chi connectivity index (χ1n) is 31.2. The van der Waals surface area contributed by atoms with Gasteiger partial charge in [-0.15, -0.1) is 0 Å². The first-order valence-corrected chi connectivity index (χ1v) is 31.2.